The molecule has 1 aliphatic rings. The first kappa shape index (κ1) is 14.8. The molecule has 1 heterocycles. The minimum Gasteiger partial charge on any atom is -0.497 e. The van der Waals surface area contributed by atoms with Gasteiger partial charge in [0.05, 0.1) is 23.7 Å². The van der Waals surface area contributed by atoms with Crippen LogP contribution in [0.25, 0.3) is 0 Å². The van der Waals surface area contributed by atoms with Gasteiger partial charge >= 0.3 is 0 Å². The van der Waals surface area contributed by atoms with Gasteiger partial charge in [-0.1, -0.05) is 35.5 Å². The van der Waals surface area contributed by atoms with Gasteiger partial charge in [-0.05, 0) is 46.3 Å². The average molecular weight is 384 g/mol. The van der Waals surface area contributed by atoms with E-state index in [0.717, 1.165) is 32.4 Å². The largest absolute Gasteiger partial charge is 0.497 e. The molecule has 2 aromatic rings. The summed E-state index contributed by atoms with van der Waals surface area (Å²) >= 11 is 11.2. The van der Waals surface area contributed by atoms with Gasteiger partial charge in [-0.15, -0.1) is 0 Å². The predicted octanol–water partition coefficient (Wildman–Crippen LogP) is 4.98. The van der Waals surface area contributed by atoms with Crippen LogP contribution in [0.3, 0.4) is 0 Å². The molecule has 3 nitrogen and oxygen atoms in total. The Labute approximate surface area is 141 Å². The average Bonchev–Trinajstić information content (AvgIpc) is 3.00. The van der Waals surface area contributed by atoms with Crippen molar-refractivity contribution in [2.75, 3.05) is 18.0 Å². The van der Waals surface area contributed by atoms with Crippen LogP contribution < -0.4 is 9.75 Å². The third-order valence-corrected chi connectivity index (χ3v) is 5.25. The molecule has 0 aromatic heterocycles. The first-order chi connectivity index (χ1) is 10.2. The standard InChI is InChI=1S/C15H12BrClN2OS/c1-20-12-4-2-3-10(7-12)15-18-19(9-21-15)11-5-6-13(16)14(17)8-11/h2-8H,9H2,1H3. The lowest BCUT2D eigenvalue weighted by Crippen LogP contribution is -2.10. The molecule has 0 saturated carbocycles. The third-order valence-electron chi connectivity index (χ3n) is 3.05. The summed E-state index contributed by atoms with van der Waals surface area (Å²) in [5.74, 6) is 1.60. The van der Waals surface area contributed by atoms with Crippen LogP contribution in [0.1, 0.15) is 5.56 Å². The summed E-state index contributed by atoms with van der Waals surface area (Å²) in [4.78, 5) is 0. The van der Waals surface area contributed by atoms with E-state index in [4.69, 9.17) is 16.3 Å². The highest BCUT2D eigenvalue weighted by Crippen LogP contribution is 2.32. The second kappa shape index (κ2) is 6.30. The molecule has 0 aliphatic carbocycles. The van der Waals surface area contributed by atoms with Crippen LogP contribution in [-0.2, 0) is 0 Å². The van der Waals surface area contributed by atoms with E-state index < -0.39 is 0 Å². The van der Waals surface area contributed by atoms with E-state index in [9.17, 15) is 0 Å². The van der Waals surface area contributed by atoms with Crippen molar-refractivity contribution < 1.29 is 4.74 Å². The van der Waals surface area contributed by atoms with Crippen molar-refractivity contribution >= 4 is 50.0 Å². The number of ether oxygens (including phenoxy) is 1. The maximum absolute atomic E-state index is 6.14. The number of methoxy groups -OCH3 is 1. The smallest absolute Gasteiger partial charge is 0.126 e. The highest BCUT2D eigenvalue weighted by atomic mass is 79.9. The lowest BCUT2D eigenvalue weighted by atomic mass is 10.2. The van der Waals surface area contributed by atoms with Crippen LogP contribution >= 0.6 is 39.3 Å². The molecule has 21 heavy (non-hydrogen) atoms. The SMILES string of the molecule is COc1cccc(C2=NN(c3ccc(Br)c(Cl)c3)CS2)c1. The summed E-state index contributed by atoms with van der Waals surface area (Å²) in [5.41, 5.74) is 2.04. The Balaban J connectivity index is 1.87. The Bertz CT molecular complexity index is 708. The fraction of sp³-hybridized carbons (Fsp3) is 0.133. The number of hydrazone groups is 1. The number of anilines is 1. The molecule has 0 N–H and O–H groups in total. The molecule has 108 valence electrons. The molecule has 0 bridgehead atoms. The second-order valence-corrected chi connectivity index (χ2v) is 6.60. The Morgan fingerprint density at radius 3 is 2.90 bits per heavy atom. The number of rotatable bonds is 3. The fourth-order valence-corrected chi connectivity index (χ4v) is 3.29. The summed E-state index contributed by atoms with van der Waals surface area (Å²) in [7, 11) is 1.67. The van der Waals surface area contributed by atoms with Gasteiger partial charge in [0.2, 0.25) is 0 Å². The topological polar surface area (TPSA) is 24.8 Å². The number of nitrogens with zero attached hydrogens (tertiary/aromatic N) is 2. The van der Waals surface area contributed by atoms with E-state index >= 15 is 0 Å². The van der Waals surface area contributed by atoms with Gasteiger partial charge in [-0.2, -0.15) is 5.10 Å². The third kappa shape index (κ3) is 3.20. The van der Waals surface area contributed by atoms with Gasteiger partial charge in [0.15, 0.2) is 0 Å². The van der Waals surface area contributed by atoms with Gasteiger partial charge < -0.3 is 4.74 Å². The van der Waals surface area contributed by atoms with Gasteiger partial charge in [0.1, 0.15) is 10.8 Å². The lowest BCUT2D eigenvalue weighted by Gasteiger charge is -2.13. The highest BCUT2D eigenvalue weighted by molar-refractivity contribution is 9.10. The van der Waals surface area contributed by atoms with E-state index in [2.05, 4.69) is 21.0 Å². The van der Waals surface area contributed by atoms with E-state index in [0.29, 0.717) is 5.02 Å². The van der Waals surface area contributed by atoms with Crippen molar-refractivity contribution in [1.82, 2.24) is 0 Å². The summed E-state index contributed by atoms with van der Waals surface area (Å²) in [6, 6.07) is 13.8. The quantitative estimate of drug-likeness (QED) is 0.747. The molecule has 6 heteroatoms. The van der Waals surface area contributed by atoms with Crippen LogP contribution in [-0.4, -0.2) is 18.0 Å². The van der Waals surface area contributed by atoms with E-state index in [1.54, 1.807) is 18.9 Å². The van der Waals surface area contributed by atoms with E-state index in [-0.39, 0.29) is 0 Å². The minimum atomic E-state index is 0.683. The molecule has 0 saturated heterocycles. The van der Waals surface area contributed by atoms with E-state index in [1.165, 1.54) is 0 Å². The first-order valence-corrected chi connectivity index (χ1v) is 8.41. The molecule has 0 atom stereocenters. The lowest BCUT2D eigenvalue weighted by molar-refractivity contribution is 0.414. The molecule has 3 rings (SSSR count). The Morgan fingerprint density at radius 1 is 1.29 bits per heavy atom. The zero-order valence-corrected chi connectivity index (χ0v) is 14.4. The van der Waals surface area contributed by atoms with Gasteiger partial charge in [0, 0.05) is 10.0 Å². The number of hydrogen-bond acceptors (Lipinski definition) is 4. The van der Waals surface area contributed by atoms with Crippen LogP contribution in [0.15, 0.2) is 52.0 Å². The predicted molar refractivity (Wildman–Crippen MR) is 93.6 cm³/mol. The molecule has 0 radical (unpaired) electrons. The maximum atomic E-state index is 6.14. The maximum Gasteiger partial charge on any atom is 0.126 e. The molecule has 1 aliphatic heterocycles. The van der Waals surface area contributed by atoms with Crippen LogP contribution in [0.4, 0.5) is 5.69 Å². The zero-order chi connectivity index (χ0) is 14.8. The highest BCUT2D eigenvalue weighted by Gasteiger charge is 2.19. The summed E-state index contributed by atoms with van der Waals surface area (Å²) < 4.78 is 6.14. The molecular formula is C15H12BrClN2OS. The van der Waals surface area contributed by atoms with Crippen molar-refractivity contribution in [2.24, 2.45) is 5.10 Å². The zero-order valence-electron chi connectivity index (χ0n) is 11.2. The number of thioether (sulfide) groups is 1. The van der Waals surface area contributed by atoms with Crippen LogP contribution in [0, 0.1) is 0 Å². The number of hydrogen-bond donors (Lipinski definition) is 0. The summed E-state index contributed by atoms with van der Waals surface area (Å²) in [5, 5.41) is 8.26. The van der Waals surface area contributed by atoms with Crippen molar-refractivity contribution in [1.29, 1.82) is 0 Å². The van der Waals surface area contributed by atoms with E-state index in [1.807, 2.05) is 47.5 Å². The molecule has 0 amide bonds. The molecule has 0 spiro atoms. The van der Waals surface area contributed by atoms with Crippen LogP contribution in [0.2, 0.25) is 5.02 Å². The normalized spacial score (nSPS) is 14.2. The van der Waals surface area contributed by atoms with Gasteiger partial charge in [0.25, 0.3) is 0 Å². The summed E-state index contributed by atoms with van der Waals surface area (Å²) in [6.07, 6.45) is 0. The Kier molecular flexibility index (Phi) is 4.42. The summed E-state index contributed by atoms with van der Waals surface area (Å²) in [6.45, 7) is 0. The van der Waals surface area contributed by atoms with Gasteiger partial charge in [-0.25, -0.2) is 0 Å². The monoisotopic (exact) mass is 382 g/mol. The minimum absolute atomic E-state index is 0.683. The van der Waals surface area contributed by atoms with Crippen molar-refractivity contribution in [3.8, 4) is 5.75 Å². The molecule has 0 fully saturated rings. The van der Waals surface area contributed by atoms with Crippen LogP contribution in [0.5, 0.6) is 5.75 Å². The second-order valence-electron chi connectivity index (χ2n) is 4.41. The first-order valence-electron chi connectivity index (χ1n) is 6.26. The Hall–Kier alpha value is -1.17. The van der Waals surface area contributed by atoms with Crippen molar-refractivity contribution in [2.45, 2.75) is 0 Å². The molecule has 0 unspecified atom stereocenters. The van der Waals surface area contributed by atoms with Gasteiger partial charge in [-0.3, -0.25) is 5.01 Å². The molecule has 2 aromatic carbocycles. The number of benzene rings is 2. The van der Waals surface area contributed by atoms with Crippen molar-refractivity contribution in [3.63, 3.8) is 0 Å². The number of halogens is 2. The molecular weight excluding hydrogens is 372 g/mol. The van der Waals surface area contributed by atoms with Crippen molar-refractivity contribution in [3.05, 3.63) is 57.5 Å². The fourth-order valence-electron chi connectivity index (χ4n) is 1.96. The Morgan fingerprint density at radius 2 is 2.14 bits per heavy atom.